The van der Waals surface area contributed by atoms with Crippen LogP contribution in [-0.2, 0) is 0 Å². The van der Waals surface area contributed by atoms with Crippen LogP contribution >= 0.6 is 0 Å². The van der Waals surface area contributed by atoms with Gasteiger partial charge >= 0.3 is 0 Å². The predicted octanol–water partition coefficient (Wildman–Crippen LogP) is 7.20. The molecule has 0 saturated carbocycles. The zero-order valence-corrected chi connectivity index (χ0v) is 26.6. The van der Waals surface area contributed by atoms with Gasteiger partial charge in [-0.1, -0.05) is 171 Å². The fourth-order valence-electron chi connectivity index (χ4n) is 7.03. The van der Waals surface area contributed by atoms with Gasteiger partial charge in [-0.3, -0.25) is 0 Å². The molecule has 0 bridgehead atoms. The first-order valence-corrected chi connectivity index (χ1v) is 17.2. The lowest BCUT2D eigenvalue weighted by molar-refractivity contribution is 1.34. The molecular weight excluding hydrogens is 507 g/mol. The summed E-state index contributed by atoms with van der Waals surface area (Å²) in [6.45, 7) is 16.3. The van der Waals surface area contributed by atoms with E-state index in [1.165, 1.54) is 65.4 Å². The van der Waals surface area contributed by atoms with Crippen LogP contribution in [0.25, 0.3) is 5.20 Å². The van der Waals surface area contributed by atoms with Crippen molar-refractivity contribution in [1.82, 2.24) is 0 Å². The molecule has 0 fully saturated rings. The largest absolute Gasteiger partial charge is 0.235 e. The molecule has 0 aliphatic heterocycles. The Balaban J connectivity index is 1.92. The number of hydrogen-bond donors (Lipinski definition) is 0. The highest BCUT2D eigenvalue weighted by atomic mass is 28.3. The molecule has 0 spiro atoms. The van der Waals surface area contributed by atoms with E-state index in [2.05, 4.69) is 169 Å². The first-order chi connectivity index (χ1) is 19.7. The lowest BCUT2D eigenvalue weighted by atomic mass is 9.37. The molecule has 0 aliphatic rings. The van der Waals surface area contributed by atoms with Gasteiger partial charge < -0.3 is 0 Å². The molecule has 2 heteroatoms. The van der Waals surface area contributed by atoms with Crippen molar-refractivity contribution < 1.29 is 0 Å². The maximum atomic E-state index is 2.65. The van der Waals surface area contributed by atoms with Gasteiger partial charge in [0.15, 0.2) is 0 Å². The average Bonchev–Trinajstić information content (AvgIpc) is 2.95. The molecule has 0 aromatic heterocycles. The van der Waals surface area contributed by atoms with Crippen molar-refractivity contribution in [2.75, 3.05) is 0 Å². The van der Waals surface area contributed by atoms with Crippen LogP contribution in [0.1, 0.15) is 38.9 Å². The van der Waals surface area contributed by atoms with Crippen LogP contribution in [0.4, 0.5) is 0 Å². The lowest BCUT2D eigenvalue weighted by Gasteiger charge is -2.34. The molecule has 0 radical (unpaired) electrons. The molecular formula is C39H41BSi. The van der Waals surface area contributed by atoms with Crippen molar-refractivity contribution >= 4 is 41.3 Å². The van der Waals surface area contributed by atoms with Crippen LogP contribution in [0.2, 0.25) is 6.55 Å². The SMILES string of the molecule is Cc1cc(C)c(B(/C=C(/c2ccccc2)[Si](C)(c2ccccc2)c2ccccc2)c2c(C)cc(C)cc2C)c(C)c1. The van der Waals surface area contributed by atoms with Crippen LogP contribution in [0.5, 0.6) is 0 Å². The third-order valence-corrected chi connectivity index (χ3v) is 13.3. The highest BCUT2D eigenvalue weighted by Crippen LogP contribution is 2.28. The van der Waals surface area contributed by atoms with Crippen molar-refractivity contribution in [2.45, 2.75) is 48.1 Å². The molecule has 0 saturated heterocycles. The summed E-state index contributed by atoms with van der Waals surface area (Å²) in [5.74, 6) is 2.65. The van der Waals surface area contributed by atoms with E-state index in [1.807, 2.05) is 0 Å². The quantitative estimate of drug-likeness (QED) is 0.189. The van der Waals surface area contributed by atoms with Crippen molar-refractivity contribution in [3.05, 3.63) is 160 Å². The van der Waals surface area contributed by atoms with Crippen LogP contribution in [0, 0.1) is 41.5 Å². The summed E-state index contributed by atoms with van der Waals surface area (Å²) in [4.78, 5) is 0. The Labute approximate surface area is 248 Å². The zero-order valence-electron chi connectivity index (χ0n) is 25.6. The number of hydrogen-bond acceptors (Lipinski definition) is 0. The van der Waals surface area contributed by atoms with E-state index >= 15 is 0 Å². The summed E-state index contributed by atoms with van der Waals surface area (Å²) in [6, 6.07) is 43.0. The Hall–Kier alpha value is -3.88. The van der Waals surface area contributed by atoms with E-state index in [0.29, 0.717) is 0 Å². The first kappa shape index (κ1) is 28.6. The van der Waals surface area contributed by atoms with Gasteiger partial charge in [0.25, 0.3) is 0 Å². The van der Waals surface area contributed by atoms with E-state index in [4.69, 9.17) is 0 Å². The minimum absolute atomic E-state index is 0.130. The Morgan fingerprint density at radius 3 is 1.22 bits per heavy atom. The topological polar surface area (TPSA) is 0 Å². The number of benzene rings is 5. The lowest BCUT2D eigenvalue weighted by Crippen LogP contribution is -2.58. The van der Waals surface area contributed by atoms with E-state index < -0.39 is 8.07 Å². The van der Waals surface area contributed by atoms with E-state index in [1.54, 1.807) is 0 Å². The van der Waals surface area contributed by atoms with Crippen LogP contribution in [0.15, 0.2) is 121 Å². The van der Waals surface area contributed by atoms with Crippen LogP contribution in [-0.4, -0.2) is 14.8 Å². The molecule has 5 rings (SSSR count). The molecule has 0 nitrogen and oxygen atoms in total. The summed E-state index contributed by atoms with van der Waals surface area (Å²) in [7, 11) is -2.43. The molecule has 0 unspecified atom stereocenters. The summed E-state index contributed by atoms with van der Waals surface area (Å²) in [5, 5.41) is 4.31. The molecule has 5 aromatic rings. The Morgan fingerprint density at radius 2 is 0.854 bits per heavy atom. The van der Waals surface area contributed by atoms with Crippen molar-refractivity contribution in [3.8, 4) is 0 Å². The molecule has 204 valence electrons. The maximum absolute atomic E-state index is 2.65. The Kier molecular flexibility index (Phi) is 8.33. The third kappa shape index (κ3) is 5.67. The van der Waals surface area contributed by atoms with Crippen LogP contribution < -0.4 is 21.3 Å². The molecule has 0 atom stereocenters. The van der Waals surface area contributed by atoms with E-state index in [0.717, 1.165) is 0 Å². The standard InChI is InChI=1S/C39H41BSi/c1-28-23-30(3)38(31(4)24-28)40(39-32(5)25-29(2)26-33(39)6)27-37(34-17-11-8-12-18-34)41(7,35-19-13-9-14-20-35)36-21-15-10-16-22-36/h8-27H,1-7H3/b37-27-. The Bertz CT molecular complexity index is 1540. The van der Waals surface area contributed by atoms with Crippen molar-refractivity contribution in [3.63, 3.8) is 0 Å². The summed E-state index contributed by atoms with van der Waals surface area (Å²) in [6.07, 6.45) is 0. The molecule has 0 heterocycles. The van der Waals surface area contributed by atoms with Crippen LogP contribution in [0.3, 0.4) is 0 Å². The van der Waals surface area contributed by atoms with Gasteiger partial charge in [-0.2, -0.15) is 0 Å². The maximum Gasteiger partial charge on any atom is 0.235 e. The van der Waals surface area contributed by atoms with Gasteiger partial charge in [-0.25, -0.2) is 0 Å². The molecule has 5 aromatic carbocycles. The Morgan fingerprint density at radius 1 is 0.512 bits per heavy atom. The predicted molar refractivity (Wildman–Crippen MR) is 185 cm³/mol. The van der Waals surface area contributed by atoms with Gasteiger partial charge in [0.1, 0.15) is 8.07 Å². The van der Waals surface area contributed by atoms with Crippen molar-refractivity contribution in [2.24, 2.45) is 0 Å². The minimum Gasteiger partial charge on any atom is -0.105 e. The van der Waals surface area contributed by atoms with Gasteiger partial charge in [-0.05, 0) is 57.5 Å². The normalized spacial score (nSPS) is 11.9. The third-order valence-electron chi connectivity index (χ3n) is 8.76. The highest BCUT2D eigenvalue weighted by Gasteiger charge is 2.38. The van der Waals surface area contributed by atoms with Gasteiger partial charge in [0.05, 0.1) is 0 Å². The monoisotopic (exact) mass is 548 g/mol. The second kappa shape index (κ2) is 11.9. The molecule has 0 amide bonds. The first-order valence-electron chi connectivity index (χ1n) is 14.7. The van der Waals surface area contributed by atoms with E-state index in [9.17, 15) is 0 Å². The second-order valence-electron chi connectivity index (χ2n) is 11.9. The summed E-state index contributed by atoms with van der Waals surface area (Å²) in [5.41, 5.74) is 12.2. The minimum atomic E-state index is -2.43. The number of aryl methyl sites for hydroxylation is 6. The molecule has 0 N–H and O–H groups in total. The molecule has 41 heavy (non-hydrogen) atoms. The van der Waals surface area contributed by atoms with Gasteiger partial charge in [0, 0.05) is 0 Å². The zero-order chi connectivity index (χ0) is 29.1. The summed E-state index contributed by atoms with van der Waals surface area (Å²) >= 11 is 0. The smallest absolute Gasteiger partial charge is 0.105 e. The van der Waals surface area contributed by atoms with Crippen molar-refractivity contribution in [1.29, 1.82) is 0 Å². The molecule has 0 aliphatic carbocycles. The fraction of sp³-hybridized carbons (Fsp3) is 0.179. The van der Waals surface area contributed by atoms with E-state index in [-0.39, 0.29) is 6.71 Å². The highest BCUT2D eigenvalue weighted by molar-refractivity contribution is 7.15. The number of rotatable bonds is 7. The van der Waals surface area contributed by atoms with Gasteiger partial charge in [0.2, 0.25) is 6.71 Å². The average molecular weight is 549 g/mol. The summed E-state index contributed by atoms with van der Waals surface area (Å²) < 4.78 is 0. The fourth-order valence-corrected chi connectivity index (χ4v) is 10.9. The van der Waals surface area contributed by atoms with Gasteiger partial charge in [-0.15, -0.1) is 5.98 Å². The second-order valence-corrected chi connectivity index (χ2v) is 15.8.